The molecule has 0 radical (unpaired) electrons. The minimum atomic E-state index is -0.805. The quantitative estimate of drug-likeness (QED) is 0.474. The molecule has 1 aliphatic heterocycles. The molecule has 0 aromatic heterocycles. The van der Waals surface area contributed by atoms with Crippen LogP contribution in [0, 0.1) is 32.8 Å². The minimum Gasteiger partial charge on any atom is -0.268 e. The van der Waals surface area contributed by atoms with Gasteiger partial charge in [0.25, 0.3) is 17.5 Å². The first-order chi connectivity index (χ1) is 11.5. The van der Waals surface area contributed by atoms with E-state index in [1.54, 1.807) is 24.3 Å². The third-order valence-corrected chi connectivity index (χ3v) is 3.59. The fraction of sp³-hybridized carbons (Fsp3) is 0. The van der Waals surface area contributed by atoms with Crippen LogP contribution in [0.3, 0.4) is 0 Å². The molecule has 2 aromatic carbocycles. The van der Waals surface area contributed by atoms with Gasteiger partial charge in [-0.15, -0.1) is 0 Å². The number of carbonyl (C=O) groups is 2. The Morgan fingerprint density at radius 2 is 1.46 bits per heavy atom. The third-order valence-electron chi connectivity index (χ3n) is 3.59. The molecule has 2 aromatic rings. The van der Waals surface area contributed by atoms with Gasteiger partial charge in [-0.05, 0) is 18.2 Å². The van der Waals surface area contributed by atoms with Crippen molar-refractivity contribution in [3.05, 3.63) is 68.8 Å². The van der Waals surface area contributed by atoms with Gasteiger partial charge in [-0.1, -0.05) is 12.1 Å². The number of hydrogen-bond acceptors (Lipinski definition) is 6. The van der Waals surface area contributed by atoms with Crippen LogP contribution in [0.4, 0.5) is 11.4 Å². The lowest BCUT2D eigenvalue weighted by molar-refractivity contribution is -0.384. The Balaban J connectivity index is 2.26. The Kier molecular flexibility index (Phi) is 3.29. The Morgan fingerprint density at radius 3 is 1.92 bits per heavy atom. The minimum absolute atomic E-state index is 0.125. The molecule has 1 aliphatic rings. The van der Waals surface area contributed by atoms with Gasteiger partial charge < -0.3 is 0 Å². The number of hydrogen-bond donors (Lipinski definition) is 0. The lowest BCUT2D eigenvalue weighted by Crippen LogP contribution is -2.30. The molecule has 0 saturated carbocycles. The van der Waals surface area contributed by atoms with Crippen LogP contribution in [-0.4, -0.2) is 16.7 Å². The highest BCUT2D eigenvalue weighted by atomic mass is 16.6. The highest BCUT2D eigenvalue weighted by Gasteiger charge is 2.40. The number of imide groups is 1. The molecule has 0 spiro atoms. The largest absolute Gasteiger partial charge is 0.294 e. The summed E-state index contributed by atoms with van der Waals surface area (Å²) in [6.07, 6.45) is 0. The van der Waals surface area contributed by atoms with E-state index < -0.39 is 22.4 Å². The van der Waals surface area contributed by atoms with Crippen LogP contribution in [0.15, 0.2) is 36.4 Å². The monoisotopic (exact) mass is 318 g/mol. The average Bonchev–Trinajstić information content (AvgIpc) is 2.85. The molecule has 0 bridgehead atoms. The zero-order valence-electron chi connectivity index (χ0n) is 11.9. The van der Waals surface area contributed by atoms with Crippen molar-refractivity contribution >= 4 is 23.2 Å². The van der Waals surface area contributed by atoms with E-state index in [4.69, 9.17) is 10.5 Å². The second-order valence-electron chi connectivity index (χ2n) is 4.86. The molecule has 8 heteroatoms. The van der Waals surface area contributed by atoms with Crippen molar-refractivity contribution < 1.29 is 14.5 Å². The molecule has 24 heavy (non-hydrogen) atoms. The number of anilines is 1. The molecular weight excluding hydrogens is 312 g/mol. The maximum Gasteiger partial charge on any atom is 0.294 e. The van der Waals surface area contributed by atoms with Crippen LogP contribution >= 0.6 is 0 Å². The number of nitrogens with zero attached hydrogens (tertiary/aromatic N) is 4. The van der Waals surface area contributed by atoms with Crippen molar-refractivity contribution in [2.45, 2.75) is 0 Å². The van der Waals surface area contributed by atoms with Crippen LogP contribution in [0.5, 0.6) is 0 Å². The Bertz CT molecular complexity index is 979. The number of fused-ring (bicyclic) bond motifs is 1. The Morgan fingerprint density at radius 1 is 0.958 bits per heavy atom. The van der Waals surface area contributed by atoms with Crippen molar-refractivity contribution in [3.63, 3.8) is 0 Å². The van der Waals surface area contributed by atoms with Gasteiger partial charge >= 0.3 is 0 Å². The summed E-state index contributed by atoms with van der Waals surface area (Å²) in [5, 5.41) is 29.4. The predicted molar refractivity (Wildman–Crippen MR) is 80.1 cm³/mol. The van der Waals surface area contributed by atoms with Crippen LogP contribution < -0.4 is 4.90 Å². The first-order valence-corrected chi connectivity index (χ1v) is 6.60. The highest BCUT2D eigenvalue weighted by molar-refractivity contribution is 6.35. The zero-order chi connectivity index (χ0) is 17.4. The smallest absolute Gasteiger partial charge is 0.268 e. The summed E-state index contributed by atoms with van der Waals surface area (Å²) in [6, 6.07) is 11.3. The SMILES string of the molecule is N#Cc1cc(N2C(=O)c3ccccc3C2=O)c([N+](=O)[O-])cc1C#N. The van der Waals surface area contributed by atoms with Crippen molar-refractivity contribution in [3.8, 4) is 12.1 Å². The summed E-state index contributed by atoms with van der Waals surface area (Å²) < 4.78 is 0. The number of amides is 2. The number of rotatable bonds is 2. The summed E-state index contributed by atoms with van der Waals surface area (Å²) in [6.45, 7) is 0. The number of nitro groups is 1. The van der Waals surface area contributed by atoms with E-state index in [9.17, 15) is 19.7 Å². The zero-order valence-corrected chi connectivity index (χ0v) is 11.9. The van der Waals surface area contributed by atoms with Gasteiger partial charge in [-0.3, -0.25) is 19.7 Å². The van der Waals surface area contributed by atoms with Crippen LogP contribution in [0.25, 0.3) is 0 Å². The third kappa shape index (κ3) is 1.99. The van der Waals surface area contributed by atoms with E-state index >= 15 is 0 Å². The molecule has 2 amide bonds. The van der Waals surface area contributed by atoms with E-state index in [-0.39, 0.29) is 27.9 Å². The van der Waals surface area contributed by atoms with Gasteiger partial charge in [0, 0.05) is 6.07 Å². The summed E-state index contributed by atoms with van der Waals surface area (Å²) in [5.41, 5.74) is -1.04. The van der Waals surface area contributed by atoms with Crippen molar-refractivity contribution in [1.82, 2.24) is 0 Å². The van der Waals surface area contributed by atoms with E-state index in [0.717, 1.165) is 12.1 Å². The average molecular weight is 318 g/mol. The molecular formula is C16H6N4O4. The van der Waals surface area contributed by atoms with Crippen molar-refractivity contribution in [2.75, 3.05) is 4.90 Å². The lowest BCUT2D eigenvalue weighted by Gasteiger charge is -2.14. The van der Waals surface area contributed by atoms with Crippen LogP contribution in [0.2, 0.25) is 0 Å². The molecule has 3 rings (SSSR count). The van der Waals surface area contributed by atoms with E-state index in [1.165, 1.54) is 12.1 Å². The molecule has 1 heterocycles. The maximum atomic E-state index is 12.5. The fourth-order valence-electron chi connectivity index (χ4n) is 2.50. The standard InChI is InChI=1S/C16H6N4O4/c17-7-9-5-13(14(20(23)24)6-10(9)8-18)19-15(21)11-3-1-2-4-12(11)16(19)22/h1-6H. The van der Waals surface area contributed by atoms with E-state index in [0.29, 0.717) is 4.90 Å². The van der Waals surface area contributed by atoms with Gasteiger partial charge in [0.2, 0.25) is 0 Å². The number of carbonyl (C=O) groups excluding carboxylic acids is 2. The highest BCUT2D eigenvalue weighted by Crippen LogP contribution is 2.36. The van der Waals surface area contributed by atoms with Gasteiger partial charge in [0.15, 0.2) is 0 Å². The lowest BCUT2D eigenvalue weighted by atomic mass is 10.1. The molecule has 0 fully saturated rings. The second-order valence-corrected chi connectivity index (χ2v) is 4.86. The number of nitro benzene ring substituents is 1. The van der Waals surface area contributed by atoms with Crippen molar-refractivity contribution in [2.24, 2.45) is 0 Å². The molecule has 8 nitrogen and oxygen atoms in total. The van der Waals surface area contributed by atoms with Crippen LogP contribution in [0.1, 0.15) is 31.8 Å². The van der Waals surface area contributed by atoms with Crippen LogP contribution in [-0.2, 0) is 0 Å². The Labute approximate surface area is 134 Å². The molecule has 0 atom stereocenters. The van der Waals surface area contributed by atoms with E-state index in [2.05, 4.69) is 0 Å². The normalized spacial score (nSPS) is 12.5. The van der Waals surface area contributed by atoms with Gasteiger partial charge in [0.1, 0.15) is 17.8 Å². The van der Waals surface area contributed by atoms with Crippen molar-refractivity contribution in [1.29, 1.82) is 10.5 Å². The Hall–Kier alpha value is -4.04. The fourth-order valence-corrected chi connectivity index (χ4v) is 2.50. The number of nitriles is 2. The number of benzene rings is 2. The first kappa shape index (κ1) is 14.9. The maximum absolute atomic E-state index is 12.5. The first-order valence-electron chi connectivity index (χ1n) is 6.60. The topological polar surface area (TPSA) is 128 Å². The summed E-state index contributed by atoms with van der Waals surface area (Å²) in [5.74, 6) is -1.43. The molecule has 0 unspecified atom stereocenters. The summed E-state index contributed by atoms with van der Waals surface area (Å²) in [7, 11) is 0. The van der Waals surface area contributed by atoms with Gasteiger partial charge in [-0.2, -0.15) is 10.5 Å². The second kappa shape index (κ2) is 5.30. The molecule has 0 saturated heterocycles. The predicted octanol–water partition coefficient (Wildman–Crippen LogP) is 2.14. The van der Waals surface area contributed by atoms with Gasteiger partial charge in [-0.25, -0.2) is 4.90 Å². The summed E-state index contributed by atoms with van der Waals surface area (Å²) in [4.78, 5) is 36.1. The van der Waals surface area contributed by atoms with Gasteiger partial charge in [0.05, 0.1) is 27.2 Å². The van der Waals surface area contributed by atoms with E-state index in [1.807, 2.05) is 0 Å². The molecule has 0 aliphatic carbocycles. The summed E-state index contributed by atoms with van der Waals surface area (Å²) >= 11 is 0. The molecule has 114 valence electrons. The molecule has 0 N–H and O–H groups in total.